The summed E-state index contributed by atoms with van der Waals surface area (Å²) in [6, 6.07) is 2.14. The number of nitrogens with zero attached hydrogens (tertiary/aromatic N) is 3. The molecule has 10 heteroatoms. The molecule has 0 bridgehead atoms. The standard InChI is InChI=1S/C17H20FN3O6/c1-11(22)2-3-12-10-20(17(23)27-12)15-9-14(19-4-6-26-7-5-19)13(18)8-16(15)21(24)25/h8-9,12H,2-7,10H2,1H3/t12-/m0/s1. The average molecular weight is 381 g/mol. The summed E-state index contributed by atoms with van der Waals surface area (Å²) in [5.41, 5.74) is -0.342. The summed E-state index contributed by atoms with van der Waals surface area (Å²) in [5.74, 6) is -0.764. The summed E-state index contributed by atoms with van der Waals surface area (Å²) in [6.07, 6.45) is -0.705. The third-order valence-electron chi connectivity index (χ3n) is 4.58. The quantitative estimate of drug-likeness (QED) is 0.550. The number of halogens is 1. The van der Waals surface area contributed by atoms with Crippen molar-refractivity contribution in [1.29, 1.82) is 0 Å². The molecule has 146 valence electrons. The minimum absolute atomic E-state index is 0.0155. The molecule has 9 nitrogen and oxygen atoms in total. The molecular weight excluding hydrogens is 361 g/mol. The highest BCUT2D eigenvalue weighted by Crippen LogP contribution is 2.37. The van der Waals surface area contributed by atoms with Gasteiger partial charge < -0.3 is 19.2 Å². The number of cyclic esters (lactones) is 1. The Morgan fingerprint density at radius 1 is 1.33 bits per heavy atom. The number of rotatable bonds is 6. The minimum atomic E-state index is -0.744. The molecule has 1 amide bonds. The van der Waals surface area contributed by atoms with Crippen LogP contribution in [0.25, 0.3) is 0 Å². The lowest BCUT2D eigenvalue weighted by Gasteiger charge is -2.29. The van der Waals surface area contributed by atoms with Crippen molar-refractivity contribution in [3.63, 3.8) is 0 Å². The fourth-order valence-corrected chi connectivity index (χ4v) is 3.18. The van der Waals surface area contributed by atoms with E-state index in [1.54, 1.807) is 4.90 Å². The number of nitro benzene ring substituents is 1. The van der Waals surface area contributed by atoms with Crippen LogP contribution in [0.5, 0.6) is 0 Å². The van der Waals surface area contributed by atoms with Crippen molar-refractivity contribution in [1.82, 2.24) is 0 Å². The third kappa shape index (κ3) is 4.16. The third-order valence-corrected chi connectivity index (χ3v) is 4.58. The average Bonchev–Trinajstić information content (AvgIpc) is 3.01. The molecule has 1 atom stereocenters. The summed E-state index contributed by atoms with van der Waals surface area (Å²) >= 11 is 0. The number of anilines is 2. The number of hydrogen-bond acceptors (Lipinski definition) is 7. The lowest BCUT2D eigenvalue weighted by molar-refractivity contribution is -0.384. The zero-order chi connectivity index (χ0) is 19.6. The van der Waals surface area contributed by atoms with Gasteiger partial charge in [-0.25, -0.2) is 9.18 Å². The van der Waals surface area contributed by atoms with E-state index in [2.05, 4.69) is 0 Å². The van der Waals surface area contributed by atoms with Gasteiger partial charge in [0, 0.05) is 19.5 Å². The largest absolute Gasteiger partial charge is 0.444 e. The van der Waals surface area contributed by atoms with Crippen LogP contribution in [0.1, 0.15) is 19.8 Å². The molecular formula is C17H20FN3O6. The van der Waals surface area contributed by atoms with Crippen molar-refractivity contribution in [2.45, 2.75) is 25.9 Å². The van der Waals surface area contributed by atoms with E-state index in [0.717, 1.165) is 11.0 Å². The monoisotopic (exact) mass is 381 g/mol. The van der Waals surface area contributed by atoms with Crippen LogP contribution in [0.2, 0.25) is 0 Å². The second-order valence-electron chi connectivity index (χ2n) is 6.51. The number of nitro groups is 1. The smallest absolute Gasteiger partial charge is 0.414 e. The number of amides is 1. The van der Waals surface area contributed by atoms with Gasteiger partial charge in [-0.05, 0) is 19.4 Å². The highest BCUT2D eigenvalue weighted by Gasteiger charge is 2.37. The molecule has 3 rings (SSSR count). The second-order valence-corrected chi connectivity index (χ2v) is 6.51. The Morgan fingerprint density at radius 3 is 2.67 bits per heavy atom. The number of hydrogen-bond donors (Lipinski definition) is 0. The summed E-state index contributed by atoms with van der Waals surface area (Å²) < 4.78 is 24.9. The molecule has 1 aromatic carbocycles. The summed E-state index contributed by atoms with van der Waals surface area (Å²) in [6.45, 7) is 3.24. The van der Waals surface area contributed by atoms with Crippen LogP contribution in [0, 0.1) is 15.9 Å². The van der Waals surface area contributed by atoms with Gasteiger partial charge >= 0.3 is 6.09 Å². The number of ether oxygens (including phenoxy) is 2. The molecule has 2 heterocycles. The second kappa shape index (κ2) is 7.87. The molecule has 27 heavy (non-hydrogen) atoms. The molecule has 0 unspecified atom stereocenters. The number of ketones is 1. The first-order valence-corrected chi connectivity index (χ1v) is 8.65. The topological polar surface area (TPSA) is 102 Å². The van der Waals surface area contributed by atoms with E-state index in [9.17, 15) is 24.1 Å². The SMILES string of the molecule is CC(=O)CC[C@H]1CN(c2cc(N3CCOCC3)c(F)cc2[N+](=O)[O-])C(=O)O1. The lowest BCUT2D eigenvalue weighted by Crippen LogP contribution is -2.37. The molecule has 2 saturated heterocycles. The fraction of sp³-hybridized carbons (Fsp3) is 0.529. The first kappa shape index (κ1) is 19.0. The van der Waals surface area contributed by atoms with Crippen molar-refractivity contribution < 1.29 is 28.4 Å². The zero-order valence-corrected chi connectivity index (χ0v) is 14.9. The first-order chi connectivity index (χ1) is 12.9. The predicted octanol–water partition coefficient (Wildman–Crippen LogP) is 2.26. The molecule has 0 aliphatic carbocycles. The predicted molar refractivity (Wildman–Crippen MR) is 93.6 cm³/mol. The maximum Gasteiger partial charge on any atom is 0.414 e. The number of Topliss-reactive ketones (excluding diaryl/α,β-unsaturated/α-hetero) is 1. The number of benzene rings is 1. The highest BCUT2D eigenvalue weighted by molar-refractivity contribution is 5.93. The van der Waals surface area contributed by atoms with E-state index in [1.807, 2.05) is 0 Å². The lowest BCUT2D eigenvalue weighted by atomic mass is 10.1. The molecule has 0 N–H and O–H groups in total. The van der Waals surface area contributed by atoms with Gasteiger partial charge in [-0.15, -0.1) is 0 Å². The van der Waals surface area contributed by atoms with Crippen molar-refractivity contribution in [2.75, 3.05) is 42.6 Å². The van der Waals surface area contributed by atoms with E-state index in [4.69, 9.17) is 9.47 Å². The van der Waals surface area contributed by atoms with Gasteiger partial charge in [-0.2, -0.15) is 0 Å². The van der Waals surface area contributed by atoms with Crippen LogP contribution < -0.4 is 9.80 Å². The molecule has 0 spiro atoms. The van der Waals surface area contributed by atoms with E-state index < -0.39 is 28.6 Å². The van der Waals surface area contributed by atoms with E-state index >= 15 is 0 Å². The van der Waals surface area contributed by atoms with Crippen LogP contribution in [-0.4, -0.2) is 55.8 Å². The van der Waals surface area contributed by atoms with Crippen LogP contribution >= 0.6 is 0 Å². The van der Waals surface area contributed by atoms with Crippen LogP contribution in [0.15, 0.2) is 12.1 Å². The van der Waals surface area contributed by atoms with E-state index in [0.29, 0.717) is 32.7 Å². The zero-order valence-electron chi connectivity index (χ0n) is 14.9. The molecule has 0 saturated carbocycles. The molecule has 0 aromatic heterocycles. The maximum absolute atomic E-state index is 14.5. The number of carbonyl (C=O) groups excluding carboxylic acids is 2. The van der Waals surface area contributed by atoms with Crippen molar-refractivity contribution in [3.05, 3.63) is 28.1 Å². The van der Waals surface area contributed by atoms with E-state index in [1.165, 1.54) is 13.0 Å². The summed E-state index contributed by atoms with van der Waals surface area (Å²) in [7, 11) is 0. The first-order valence-electron chi connectivity index (χ1n) is 8.65. The van der Waals surface area contributed by atoms with Gasteiger partial charge in [-0.1, -0.05) is 0 Å². The number of carbonyl (C=O) groups is 2. The van der Waals surface area contributed by atoms with Gasteiger partial charge in [0.2, 0.25) is 0 Å². The fourth-order valence-electron chi connectivity index (χ4n) is 3.18. The Balaban J connectivity index is 1.91. The number of morpholine rings is 1. The molecule has 1 aromatic rings. The van der Waals surface area contributed by atoms with Crippen molar-refractivity contribution >= 4 is 28.9 Å². The Kier molecular flexibility index (Phi) is 5.54. The Morgan fingerprint density at radius 2 is 2.04 bits per heavy atom. The Hall–Kier alpha value is -2.75. The van der Waals surface area contributed by atoms with Crippen molar-refractivity contribution in [2.24, 2.45) is 0 Å². The maximum atomic E-state index is 14.5. The van der Waals surface area contributed by atoms with Crippen molar-refractivity contribution in [3.8, 4) is 0 Å². The summed E-state index contributed by atoms with van der Waals surface area (Å²) in [5, 5.41) is 11.4. The van der Waals surface area contributed by atoms with Gasteiger partial charge in [0.25, 0.3) is 5.69 Å². The van der Waals surface area contributed by atoms with Crippen LogP contribution in [0.4, 0.5) is 26.2 Å². The Bertz CT molecular complexity index is 765. The minimum Gasteiger partial charge on any atom is -0.444 e. The molecule has 0 radical (unpaired) electrons. The van der Waals surface area contributed by atoms with E-state index in [-0.39, 0.29) is 30.1 Å². The normalized spacial score (nSPS) is 19.9. The van der Waals surface area contributed by atoms with Gasteiger partial charge in [0.15, 0.2) is 5.82 Å². The van der Waals surface area contributed by atoms with Gasteiger partial charge in [0.1, 0.15) is 17.6 Å². The molecule has 2 aliphatic rings. The van der Waals surface area contributed by atoms with Gasteiger partial charge in [0.05, 0.1) is 36.4 Å². The summed E-state index contributed by atoms with van der Waals surface area (Å²) in [4.78, 5) is 36.9. The molecule has 2 aliphatic heterocycles. The Labute approximate surface area is 154 Å². The van der Waals surface area contributed by atoms with Crippen LogP contribution in [0.3, 0.4) is 0 Å². The van der Waals surface area contributed by atoms with Gasteiger partial charge in [-0.3, -0.25) is 15.0 Å². The molecule has 2 fully saturated rings. The van der Waals surface area contributed by atoms with Crippen LogP contribution in [-0.2, 0) is 14.3 Å². The highest BCUT2D eigenvalue weighted by atomic mass is 19.1.